The molecule has 1 amide bonds. The van der Waals surface area contributed by atoms with E-state index >= 15 is 0 Å². The van der Waals surface area contributed by atoms with Crippen LogP contribution in [0.2, 0.25) is 0 Å². The maximum atomic E-state index is 13.4. The number of fused-ring (bicyclic) bond motifs is 2. The number of likely N-dealkylation sites (tertiary alicyclic amines) is 1. The van der Waals surface area contributed by atoms with Gasteiger partial charge in [-0.2, -0.15) is 0 Å². The number of aromatic nitrogens is 3. The van der Waals surface area contributed by atoms with Gasteiger partial charge in [0.05, 0.1) is 10.9 Å². The quantitative estimate of drug-likeness (QED) is 0.215. The molecule has 0 aliphatic carbocycles. The number of amides is 1. The number of rotatable bonds is 9. The molecule has 1 atom stereocenters. The fraction of sp³-hybridized carbons (Fsp3) is 0.368. The number of benzene rings is 3. The van der Waals surface area contributed by atoms with Crippen LogP contribution in [0.15, 0.2) is 88.2 Å². The standard InChI is InChI=1S/C23H27FN4O2.C15H15NO2S/c1-15-18(23(29)28-10-3-2-4-21(28)25-15)9-13-27-11-7-16(8-12-27)22-19-6-5-17(24)14-20(19)30-26-22;16-14(17)11-19(18)15(12-7-3-1-4-8-12)13-9-5-2-6-10-13/h5-6,14,16H,2-4,7-13H2,1H3;1-10,15H,11H2,(H2,16,17). The van der Waals surface area contributed by atoms with Crippen molar-refractivity contribution in [2.24, 2.45) is 5.73 Å². The van der Waals surface area contributed by atoms with Crippen molar-refractivity contribution in [3.63, 3.8) is 0 Å². The SMILES string of the molecule is Cc1nc2n(c(=O)c1CCN1CCC(c3noc4cc(F)ccc34)CC1)CCCC2.NC(=O)CS(=O)C(c1ccccc1)c1ccccc1. The average molecular weight is 684 g/mol. The van der Waals surface area contributed by atoms with Gasteiger partial charge in [-0.05, 0) is 75.4 Å². The van der Waals surface area contributed by atoms with E-state index in [0.717, 1.165) is 104 Å². The van der Waals surface area contributed by atoms with E-state index < -0.39 is 16.7 Å². The van der Waals surface area contributed by atoms with Crippen molar-refractivity contribution in [3.8, 4) is 0 Å². The van der Waals surface area contributed by atoms with Crippen LogP contribution in [-0.4, -0.2) is 55.1 Å². The zero-order valence-electron chi connectivity index (χ0n) is 27.7. The molecule has 11 heteroatoms. The largest absolute Gasteiger partial charge is 0.369 e. The van der Waals surface area contributed by atoms with Crippen molar-refractivity contribution >= 4 is 27.7 Å². The number of nitrogens with zero attached hydrogens (tertiary/aromatic N) is 4. The molecule has 1 unspecified atom stereocenters. The molecule has 256 valence electrons. The molecule has 0 radical (unpaired) electrons. The summed E-state index contributed by atoms with van der Waals surface area (Å²) in [5, 5.41) is 4.82. The summed E-state index contributed by atoms with van der Waals surface area (Å²) in [4.78, 5) is 31.1. The van der Waals surface area contributed by atoms with Crippen molar-refractivity contribution in [2.45, 2.75) is 63.2 Å². The van der Waals surface area contributed by atoms with Crippen molar-refractivity contribution in [1.82, 2.24) is 19.6 Å². The first-order valence-corrected chi connectivity index (χ1v) is 18.3. The Hall–Kier alpha value is -4.48. The van der Waals surface area contributed by atoms with Gasteiger partial charge in [0, 0.05) is 58.9 Å². The molecule has 0 spiro atoms. The van der Waals surface area contributed by atoms with Gasteiger partial charge < -0.3 is 15.2 Å². The van der Waals surface area contributed by atoms with Crippen LogP contribution in [0.1, 0.15) is 70.8 Å². The minimum atomic E-state index is -1.36. The van der Waals surface area contributed by atoms with Crippen LogP contribution in [0.4, 0.5) is 4.39 Å². The Kier molecular flexibility index (Phi) is 11.1. The Morgan fingerprint density at radius 3 is 2.33 bits per heavy atom. The van der Waals surface area contributed by atoms with Gasteiger partial charge in [-0.1, -0.05) is 65.8 Å². The monoisotopic (exact) mass is 683 g/mol. The highest BCUT2D eigenvalue weighted by molar-refractivity contribution is 7.86. The summed E-state index contributed by atoms with van der Waals surface area (Å²) >= 11 is 0. The van der Waals surface area contributed by atoms with Gasteiger partial charge >= 0.3 is 0 Å². The lowest BCUT2D eigenvalue weighted by molar-refractivity contribution is -0.115. The molecule has 2 aliphatic heterocycles. The number of hydrogen-bond acceptors (Lipinski definition) is 7. The third kappa shape index (κ3) is 8.22. The molecule has 4 heterocycles. The van der Waals surface area contributed by atoms with E-state index in [4.69, 9.17) is 15.2 Å². The second-order valence-corrected chi connectivity index (χ2v) is 14.3. The van der Waals surface area contributed by atoms with E-state index in [0.29, 0.717) is 11.5 Å². The molecular formula is C38H42FN5O4S. The summed E-state index contributed by atoms with van der Waals surface area (Å²) in [5.41, 5.74) is 10.4. The second kappa shape index (κ2) is 15.8. The molecule has 9 nitrogen and oxygen atoms in total. The summed E-state index contributed by atoms with van der Waals surface area (Å²) in [7, 11) is -1.36. The van der Waals surface area contributed by atoms with Crippen molar-refractivity contribution in [1.29, 1.82) is 0 Å². The van der Waals surface area contributed by atoms with Crippen LogP contribution in [-0.2, 0) is 35.0 Å². The maximum Gasteiger partial charge on any atom is 0.256 e. The molecule has 2 N–H and O–H groups in total. The molecule has 0 bridgehead atoms. The van der Waals surface area contributed by atoms with Gasteiger partial charge in [-0.3, -0.25) is 18.4 Å². The molecule has 1 saturated heterocycles. The topological polar surface area (TPSA) is 124 Å². The van der Waals surface area contributed by atoms with Crippen molar-refractivity contribution in [2.75, 3.05) is 25.4 Å². The van der Waals surface area contributed by atoms with Crippen LogP contribution in [0, 0.1) is 12.7 Å². The number of carbonyl (C=O) groups excluding carboxylic acids is 1. The molecule has 3 aromatic carbocycles. The lowest BCUT2D eigenvalue weighted by Crippen LogP contribution is -2.37. The number of aryl methyl sites for hydroxylation is 2. The third-order valence-electron chi connectivity index (χ3n) is 9.45. The summed E-state index contributed by atoms with van der Waals surface area (Å²) in [6.07, 6.45) is 5.81. The maximum absolute atomic E-state index is 13.4. The third-order valence-corrected chi connectivity index (χ3v) is 11.1. The molecule has 0 saturated carbocycles. The molecule has 2 aromatic heterocycles. The van der Waals surface area contributed by atoms with Gasteiger partial charge in [0.2, 0.25) is 5.91 Å². The Morgan fingerprint density at radius 2 is 1.67 bits per heavy atom. The predicted octanol–water partition coefficient (Wildman–Crippen LogP) is 5.60. The number of hydrogen-bond donors (Lipinski definition) is 1. The summed E-state index contributed by atoms with van der Waals surface area (Å²) < 4.78 is 33.0. The van der Waals surface area contributed by atoms with Crippen LogP contribution in [0.25, 0.3) is 11.0 Å². The smallest absolute Gasteiger partial charge is 0.256 e. The van der Waals surface area contributed by atoms with Gasteiger partial charge in [-0.15, -0.1) is 0 Å². The van der Waals surface area contributed by atoms with Crippen LogP contribution < -0.4 is 11.3 Å². The van der Waals surface area contributed by atoms with Crippen LogP contribution in [0.5, 0.6) is 0 Å². The Balaban J connectivity index is 0.000000189. The van der Waals surface area contributed by atoms with Crippen molar-refractivity contribution in [3.05, 3.63) is 129 Å². The number of piperidine rings is 1. The lowest BCUT2D eigenvalue weighted by atomic mass is 9.91. The van der Waals surface area contributed by atoms with Gasteiger partial charge in [-0.25, -0.2) is 9.37 Å². The second-order valence-electron chi connectivity index (χ2n) is 12.8. The van der Waals surface area contributed by atoms with E-state index in [1.807, 2.05) is 72.2 Å². The molecule has 7 rings (SSSR count). The molecule has 2 aliphatic rings. The first-order valence-electron chi connectivity index (χ1n) is 16.9. The van der Waals surface area contributed by atoms with Crippen LogP contribution >= 0.6 is 0 Å². The Morgan fingerprint density at radius 1 is 1.00 bits per heavy atom. The van der Waals surface area contributed by atoms with E-state index in [1.165, 1.54) is 12.1 Å². The lowest BCUT2D eigenvalue weighted by Gasteiger charge is -2.31. The highest BCUT2D eigenvalue weighted by Crippen LogP contribution is 2.33. The zero-order chi connectivity index (χ0) is 34.3. The highest BCUT2D eigenvalue weighted by atomic mass is 32.2. The Labute approximate surface area is 287 Å². The molecular weight excluding hydrogens is 642 g/mol. The first-order chi connectivity index (χ1) is 23.8. The fourth-order valence-electron chi connectivity index (χ4n) is 6.92. The number of nitrogens with two attached hydrogens (primary N) is 1. The summed E-state index contributed by atoms with van der Waals surface area (Å²) in [6, 6.07) is 23.7. The van der Waals surface area contributed by atoms with E-state index in [2.05, 4.69) is 10.1 Å². The van der Waals surface area contributed by atoms with E-state index in [-0.39, 0.29) is 22.4 Å². The first kappa shape index (κ1) is 34.4. The van der Waals surface area contributed by atoms with Gasteiger partial charge in [0.15, 0.2) is 5.58 Å². The van der Waals surface area contributed by atoms with Crippen molar-refractivity contribution < 1.29 is 17.9 Å². The number of halogens is 1. The highest BCUT2D eigenvalue weighted by Gasteiger charge is 2.26. The van der Waals surface area contributed by atoms with E-state index in [9.17, 15) is 18.2 Å². The minimum Gasteiger partial charge on any atom is -0.369 e. The van der Waals surface area contributed by atoms with E-state index in [1.54, 1.807) is 6.07 Å². The minimum absolute atomic E-state index is 0.131. The van der Waals surface area contributed by atoms with Gasteiger partial charge in [0.1, 0.15) is 17.4 Å². The molecule has 49 heavy (non-hydrogen) atoms. The summed E-state index contributed by atoms with van der Waals surface area (Å²) in [6.45, 7) is 5.55. The molecule has 1 fully saturated rings. The summed E-state index contributed by atoms with van der Waals surface area (Å²) in [5.74, 6) is 0.297. The van der Waals surface area contributed by atoms with Crippen LogP contribution in [0.3, 0.4) is 0 Å². The number of carbonyl (C=O) groups is 1. The average Bonchev–Trinajstić information content (AvgIpc) is 3.52. The van der Waals surface area contributed by atoms with Gasteiger partial charge in [0.25, 0.3) is 5.56 Å². The zero-order valence-corrected chi connectivity index (χ0v) is 28.5. The Bertz CT molecular complexity index is 1930. The normalized spacial score (nSPS) is 15.8. The predicted molar refractivity (Wildman–Crippen MR) is 189 cm³/mol. The number of primary amides is 1. The molecule has 5 aromatic rings. The fourth-order valence-corrected chi connectivity index (χ4v) is 8.29.